The number of carboxylic acids is 1. The number of aromatic nitrogens is 1. The summed E-state index contributed by atoms with van der Waals surface area (Å²) in [5, 5.41) is 13.6. The summed E-state index contributed by atoms with van der Waals surface area (Å²) in [6, 6.07) is 7.69. The molecule has 88 valence electrons. The lowest BCUT2D eigenvalue weighted by Crippen LogP contribution is -2.33. The third kappa shape index (κ3) is 1.47. The lowest BCUT2D eigenvalue weighted by atomic mass is 10.0. The van der Waals surface area contributed by atoms with Crippen LogP contribution in [-0.4, -0.2) is 16.1 Å². The average Bonchev–Trinajstić information content (AvgIpc) is 2.37. The Balaban J connectivity index is 2.39. The summed E-state index contributed by atoms with van der Waals surface area (Å²) >= 11 is 0. The summed E-state index contributed by atoms with van der Waals surface area (Å²) in [7, 11) is 0. The molecule has 0 saturated carbocycles. The van der Waals surface area contributed by atoms with Gasteiger partial charge in [-0.05, 0) is 17.7 Å². The molecule has 2 N–H and O–H groups in total. The van der Waals surface area contributed by atoms with Crippen LogP contribution in [0.2, 0.25) is 0 Å². The number of hydrogen-bond donors (Lipinski definition) is 2. The van der Waals surface area contributed by atoms with Crippen molar-refractivity contribution in [1.82, 2.24) is 4.98 Å². The topological polar surface area (TPSA) is 62.2 Å². The molecule has 0 amide bonds. The first-order valence-corrected chi connectivity index (χ1v) is 5.46. The van der Waals surface area contributed by atoms with Crippen LogP contribution >= 0.6 is 0 Å². The van der Waals surface area contributed by atoms with Gasteiger partial charge in [0.05, 0.1) is 11.0 Å². The zero-order valence-corrected chi connectivity index (χ0v) is 9.47. The van der Waals surface area contributed by atoms with E-state index in [-0.39, 0.29) is 5.56 Å². The maximum absolute atomic E-state index is 11.2. The highest BCUT2D eigenvalue weighted by atomic mass is 16.4. The number of hydrogen-bond acceptors (Lipinski definition) is 3. The van der Waals surface area contributed by atoms with Crippen molar-refractivity contribution in [3.8, 4) is 0 Å². The summed E-state index contributed by atoms with van der Waals surface area (Å²) in [5.41, 5.74) is 2.60. The molecule has 4 nitrogen and oxygen atoms in total. The number of benzene rings is 1. The van der Waals surface area contributed by atoms with E-state index in [1.807, 2.05) is 30.3 Å². The zero-order chi connectivity index (χ0) is 12.7. The number of carbonyl (C=O) groups is 1. The second kappa shape index (κ2) is 3.70. The van der Waals surface area contributed by atoms with Gasteiger partial charge in [0.15, 0.2) is 0 Å². The second-order valence-electron chi connectivity index (χ2n) is 4.07. The predicted octanol–water partition coefficient (Wildman–Crippen LogP) is 1.08. The largest absolute Gasteiger partial charge is 0.478 e. The van der Waals surface area contributed by atoms with E-state index in [9.17, 15) is 4.79 Å². The molecule has 3 rings (SSSR count). The van der Waals surface area contributed by atoms with Gasteiger partial charge >= 0.3 is 5.97 Å². The second-order valence-corrected chi connectivity index (χ2v) is 4.07. The van der Waals surface area contributed by atoms with Crippen LogP contribution in [0.5, 0.6) is 0 Å². The maximum atomic E-state index is 11.2. The lowest BCUT2D eigenvalue weighted by molar-refractivity contribution is 0.0697. The third-order valence-electron chi connectivity index (χ3n) is 2.95. The van der Waals surface area contributed by atoms with Crippen molar-refractivity contribution in [2.45, 2.75) is 0 Å². The van der Waals surface area contributed by atoms with E-state index >= 15 is 0 Å². The summed E-state index contributed by atoms with van der Waals surface area (Å²) < 4.78 is 0. The average molecular weight is 238 g/mol. The smallest absolute Gasteiger partial charge is 0.339 e. The highest BCUT2D eigenvalue weighted by molar-refractivity contribution is 5.96. The highest BCUT2D eigenvalue weighted by Crippen LogP contribution is 2.24. The molecule has 1 aromatic carbocycles. The Morgan fingerprint density at radius 3 is 2.89 bits per heavy atom. The number of pyridine rings is 1. The number of para-hydroxylation sites is 1. The quantitative estimate of drug-likeness (QED) is 0.666. The monoisotopic (exact) mass is 238 g/mol. The molecule has 0 spiro atoms. The molecule has 1 aliphatic heterocycles. The summed E-state index contributed by atoms with van der Waals surface area (Å²) in [5.74, 6) is -1.00. The van der Waals surface area contributed by atoms with Crippen molar-refractivity contribution in [3.05, 3.63) is 52.2 Å². The number of nitrogens with one attached hydrogen (secondary N) is 1. The van der Waals surface area contributed by atoms with E-state index in [0.717, 1.165) is 16.5 Å². The van der Waals surface area contributed by atoms with E-state index in [2.05, 4.69) is 16.9 Å². The molecular weight excluding hydrogens is 228 g/mol. The zero-order valence-electron chi connectivity index (χ0n) is 9.47. The molecule has 0 bridgehead atoms. The fourth-order valence-corrected chi connectivity index (χ4v) is 2.05. The van der Waals surface area contributed by atoms with Crippen molar-refractivity contribution < 1.29 is 9.90 Å². The first kappa shape index (κ1) is 10.5. The Morgan fingerprint density at radius 2 is 2.11 bits per heavy atom. The summed E-state index contributed by atoms with van der Waals surface area (Å²) in [6.07, 6.45) is 3.24. The molecule has 0 unspecified atom stereocenters. The van der Waals surface area contributed by atoms with Crippen LogP contribution in [0, 0.1) is 0 Å². The van der Waals surface area contributed by atoms with Gasteiger partial charge in [-0.1, -0.05) is 24.8 Å². The van der Waals surface area contributed by atoms with Crippen molar-refractivity contribution in [3.63, 3.8) is 0 Å². The minimum Gasteiger partial charge on any atom is -0.478 e. The van der Waals surface area contributed by atoms with Gasteiger partial charge < -0.3 is 10.4 Å². The Hall–Kier alpha value is -2.62. The Kier molecular flexibility index (Phi) is 2.16. The molecule has 0 saturated heterocycles. The molecule has 0 atom stereocenters. The molecule has 2 aromatic rings. The van der Waals surface area contributed by atoms with Crippen LogP contribution in [0.15, 0.2) is 30.5 Å². The maximum Gasteiger partial charge on any atom is 0.339 e. The SMILES string of the molecule is C=c1ncc(C(=O)O)c2c1=Cc1ccccc1N2. The van der Waals surface area contributed by atoms with Crippen LogP contribution in [0.25, 0.3) is 12.7 Å². The number of anilines is 2. The number of nitrogens with zero attached hydrogens (tertiary/aromatic N) is 1. The van der Waals surface area contributed by atoms with Gasteiger partial charge in [0.25, 0.3) is 0 Å². The van der Waals surface area contributed by atoms with Crippen molar-refractivity contribution in [2.75, 3.05) is 5.32 Å². The standard InChI is InChI=1S/C14H10N2O2/c1-8-10-6-9-4-2-3-5-12(9)16-13(10)11(7-15-8)14(17)18/h2-7,16H,1H2,(H,17,18). The van der Waals surface area contributed by atoms with Gasteiger partial charge in [-0.15, -0.1) is 0 Å². The van der Waals surface area contributed by atoms with Crippen molar-refractivity contribution >= 4 is 30.0 Å². The van der Waals surface area contributed by atoms with Crippen LogP contribution in [0.3, 0.4) is 0 Å². The Labute approximate surface area is 103 Å². The molecular formula is C14H10N2O2. The molecule has 1 aromatic heterocycles. The Morgan fingerprint density at radius 1 is 1.33 bits per heavy atom. The summed E-state index contributed by atoms with van der Waals surface area (Å²) in [4.78, 5) is 15.2. The third-order valence-corrected chi connectivity index (χ3v) is 2.95. The van der Waals surface area contributed by atoms with E-state index in [1.54, 1.807) is 0 Å². The van der Waals surface area contributed by atoms with Gasteiger partial charge in [-0.2, -0.15) is 0 Å². The van der Waals surface area contributed by atoms with Gasteiger partial charge in [-0.25, -0.2) is 4.79 Å². The van der Waals surface area contributed by atoms with Gasteiger partial charge in [0, 0.05) is 17.1 Å². The van der Waals surface area contributed by atoms with Crippen LogP contribution < -0.4 is 15.9 Å². The number of aromatic carboxylic acids is 1. The first-order chi connectivity index (χ1) is 8.66. The summed E-state index contributed by atoms with van der Waals surface area (Å²) in [6.45, 7) is 3.83. The fraction of sp³-hybridized carbons (Fsp3) is 0. The van der Waals surface area contributed by atoms with Gasteiger partial charge in [0.2, 0.25) is 0 Å². The lowest BCUT2D eigenvalue weighted by Gasteiger charge is -2.17. The minimum absolute atomic E-state index is 0.156. The fourth-order valence-electron chi connectivity index (χ4n) is 2.05. The van der Waals surface area contributed by atoms with Crippen LogP contribution in [0.1, 0.15) is 15.9 Å². The van der Waals surface area contributed by atoms with E-state index in [4.69, 9.17) is 5.11 Å². The van der Waals surface area contributed by atoms with Crippen molar-refractivity contribution in [2.24, 2.45) is 0 Å². The molecule has 1 aliphatic rings. The van der Waals surface area contributed by atoms with Gasteiger partial charge in [0.1, 0.15) is 5.56 Å². The molecule has 0 fully saturated rings. The predicted molar refractivity (Wildman–Crippen MR) is 69.3 cm³/mol. The normalized spacial score (nSPS) is 11.8. The van der Waals surface area contributed by atoms with Gasteiger partial charge in [-0.3, -0.25) is 4.98 Å². The molecule has 4 heteroatoms. The van der Waals surface area contributed by atoms with E-state index in [0.29, 0.717) is 11.0 Å². The first-order valence-electron chi connectivity index (χ1n) is 5.46. The highest BCUT2D eigenvalue weighted by Gasteiger charge is 2.16. The molecule has 18 heavy (non-hydrogen) atoms. The van der Waals surface area contributed by atoms with E-state index < -0.39 is 5.97 Å². The Bertz CT molecular complexity index is 766. The molecule has 0 aliphatic carbocycles. The minimum atomic E-state index is -1.00. The van der Waals surface area contributed by atoms with Crippen molar-refractivity contribution in [1.29, 1.82) is 0 Å². The molecule has 2 heterocycles. The van der Waals surface area contributed by atoms with Crippen LogP contribution in [0.4, 0.5) is 11.4 Å². The van der Waals surface area contributed by atoms with E-state index in [1.165, 1.54) is 6.20 Å². The number of carboxylic acid groups (broad SMARTS) is 1. The molecule has 0 radical (unpaired) electrons. The number of rotatable bonds is 1. The number of fused-ring (bicyclic) bond motifs is 2. The van der Waals surface area contributed by atoms with Crippen LogP contribution in [-0.2, 0) is 0 Å².